The highest BCUT2D eigenvalue weighted by Crippen LogP contribution is 2.49. The maximum Gasteiger partial charge on any atom is 0.0655 e. The molecule has 0 amide bonds. The Labute approximate surface area is 470 Å². The van der Waals surface area contributed by atoms with Crippen molar-refractivity contribution >= 4 is 89.1 Å². The molecule has 0 atom stereocenters. The second-order valence-corrected chi connectivity index (χ2v) is 19.6. The van der Waals surface area contributed by atoms with Crippen molar-refractivity contribution in [2.45, 2.75) is 27.7 Å². The predicted octanol–water partition coefficient (Wildman–Crippen LogP) is 22.4. The van der Waals surface area contributed by atoms with Crippen LogP contribution in [0.2, 0.25) is 0 Å². The van der Waals surface area contributed by atoms with Crippen LogP contribution in [-0.2, 0) is 0 Å². The normalized spacial score (nSPS) is 11.5. The largest absolute Gasteiger partial charge is 0.311 e. The molecule has 0 aromatic heterocycles. The van der Waals surface area contributed by atoms with Crippen molar-refractivity contribution in [3.63, 3.8) is 0 Å². The number of para-hydroxylation sites is 4. The zero-order valence-corrected chi connectivity index (χ0v) is 45.6. The summed E-state index contributed by atoms with van der Waals surface area (Å²) in [5.74, 6) is 0. The van der Waals surface area contributed by atoms with E-state index in [4.69, 9.17) is 0 Å². The quantitative estimate of drug-likeness (QED) is 0.0897. The van der Waals surface area contributed by atoms with E-state index < -0.39 is 0 Å². The van der Waals surface area contributed by atoms with Crippen molar-refractivity contribution in [3.8, 4) is 44.5 Å². The van der Waals surface area contributed by atoms with Gasteiger partial charge in [0.25, 0.3) is 0 Å². The number of anilines is 6. The fourth-order valence-electron chi connectivity index (χ4n) is 11.7. The summed E-state index contributed by atoms with van der Waals surface area (Å²) in [6.45, 7) is 8.01. The molecule has 0 N–H and O–H groups in total. The molecule has 13 aromatic carbocycles. The van der Waals surface area contributed by atoms with Gasteiger partial charge in [-0.2, -0.15) is 0 Å². The summed E-state index contributed by atoms with van der Waals surface area (Å²) in [6, 6.07) is 104. The van der Waals surface area contributed by atoms with Crippen molar-refractivity contribution in [1.82, 2.24) is 0 Å². The number of benzene rings is 13. The van der Waals surface area contributed by atoms with Gasteiger partial charge in [-0.25, -0.2) is 0 Å². The van der Waals surface area contributed by atoms with Gasteiger partial charge in [-0.15, -0.1) is 0 Å². The summed E-state index contributed by atoms with van der Waals surface area (Å²) < 4.78 is 0. The number of allylic oxidation sites excluding steroid dienone is 1. The van der Waals surface area contributed by atoms with E-state index in [1.54, 1.807) is 0 Å². The van der Waals surface area contributed by atoms with E-state index in [-0.39, 0.29) is 0 Å². The number of nitrogens with zero attached hydrogens (tertiary/aromatic N) is 3. The smallest absolute Gasteiger partial charge is 0.0655 e. The van der Waals surface area contributed by atoms with Crippen LogP contribution in [0.5, 0.6) is 0 Å². The molecule has 80 heavy (non-hydrogen) atoms. The van der Waals surface area contributed by atoms with Crippen LogP contribution < -0.4 is 9.80 Å². The van der Waals surface area contributed by atoms with Crippen LogP contribution >= 0.6 is 0 Å². The standard InChI is InChI=1S/C75H55N3.C2H6/c1-3-71(76-4-2)52-37-39-53(40-38-52)72-64-32-18-21-35-67(64)75(68-36-22-19-33-65(68)72)56-45-50-69-70(51-56)74(55-43-48-62(49-44-55)78(59-27-13-7-14-28-59)60-29-15-8-16-30-60)66-34-20-17-31-63(66)73(69)54-41-46-61(47-42-54)77(57-23-9-5-10-24-57)58-25-11-6-12-26-58;1-2/h3-51H,1-2H3;1-2H3/b71-3-,76-4?;. The molecular formula is C77H61N3. The Kier molecular flexibility index (Phi) is 14.5. The maximum absolute atomic E-state index is 4.64. The SMILES string of the molecule is CC.CC=N/C(=C\C)c1ccc(-c2c3ccccc3c(-c3ccc4c(-c5ccc(N(c6ccccc6)c6ccccc6)cc5)c5ccccc5c(-c5ccc(N(c6ccccc6)c6ccccc6)cc5)c4c3)c3ccccc23)cc1. The van der Waals surface area contributed by atoms with Crippen molar-refractivity contribution in [1.29, 1.82) is 0 Å². The van der Waals surface area contributed by atoms with Crippen LogP contribution in [0, 0.1) is 0 Å². The minimum atomic E-state index is 0.966. The molecule has 0 saturated heterocycles. The van der Waals surface area contributed by atoms with Crippen molar-refractivity contribution in [3.05, 3.63) is 297 Å². The molecule has 0 fully saturated rings. The van der Waals surface area contributed by atoms with E-state index in [2.05, 4.69) is 306 Å². The second kappa shape index (κ2) is 22.9. The van der Waals surface area contributed by atoms with Crippen LogP contribution in [0.25, 0.3) is 93.3 Å². The third-order valence-corrected chi connectivity index (χ3v) is 15.1. The summed E-state index contributed by atoms with van der Waals surface area (Å²) in [7, 11) is 0. The summed E-state index contributed by atoms with van der Waals surface area (Å²) in [5, 5.41) is 9.65. The van der Waals surface area contributed by atoms with E-state index in [1.807, 2.05) is 33.9 Å². The number of hydrogen-bond donors (Lipinski definition) is 0. The molecule has 13 rings (SSSR count). The molecule has 0 aliphatic heterocycles. The van der Waals surface area contributed by atoms with Gasteiger partial charge in [-0.3, -0.25) is 4.99 Å². The van der Waals surface area contributed by atoms with E-state index in [1.165, 1.54) is 76.5 Å². The third-order valence-electron chi connectivity index (χ3n) is 15.1. The fourth-order valence-corrected chi connectivity index (χ4v) is 11.7. The van der Waals surface area contributed by atoms with Gasteiger partial charge in [0, 0.05) is 40.3 Å². The average Bonchev–Trinajstić information content (AvgIpc) is 3.54. The van der Waals surface area contributed by atoms with Crippen LogP contribution in [0.4, 0.5) is 34.1 Å². The molecular weight excluding hydrogens is 967 g/mol. The van der Waals surface area contributed by atoms with Gasteiger partial charge in [0.1, 0.15) is 0 Å². The zero-order valence-electron chi connectivity index (χ0n) is 45.6. The number of hydrogen-bond acceptors (Lipinski definition) is 3. The lowest BCUT2D eigenvalue weighted by molar-refractivity contribution is 1.28. The molecule has 0 saturated carbocycles. The first-order valence-corrected chi connectivity index (χ1v) is 27.8. The second-order valence-electron chi connectivity index (χ2n) is 19.6. The van der Waals surface area contributed by atoms with Gasteiger partial charge in [-0.1, -0.05) is 226 Å². The first-order chi connectivity index (χ1) is 39.6. The molecule has 0 aliphatic rings. The van der Waals surface area contributed by atoms with Gasteiger partial charge in [0.2, 0.25) is 0 Å². The van der Waals surface area contributed by atoms with Crippen LogP contribution in [0.15, 0.2) is 296 Å². The third kappa shape index (κ3) is 9.50. The molecule has 0 spiro atoms. The summed E-state index contributed by atoms with van der Waals surface area (Å²) in [4.78, 5) is 9.30. The van der Waals surface area contributed by atoms with Gasteiger partial charge < -0.3 is 9.80 Å². The number of fused-ring (bicyclic) bond motifs is 4. The van der Waals surface area contributed by atoms with E-state index >= 15 is 0 Å². The monoisotopic (exact) mass is 1030 g/mol. The molecule has 3 nitrogen and oxygen atoms in total. The van der Waals surface area contributed by atoms with E-state index in [0.717, 1.165) is 56.5 Å². The molecule has 0 aliphatic carbocycles. The number of rotatable bonds is 12. The lowest BCUT2D eigenvalue weighted by atomic mass is 9.82. The minimum Gasteiger partial charge on any atom is -0.311 e. The number of aliphatic imine (C=N–C) groups is 1. The van der Waals surface area contributed by atoms with Crippen molar-refractivity contribution < 1.29 is 0 Å². The Bertz CT molecular complexity index is 4200. The Morgan fingerprint density at radius 1 is 0.275 bits per heavy atom. The maximum atomic E-state index is 4.64. The van der Waals surface area contributed by atoms with Crippen LogP contribution in [0.1, 0.15) is 33.3 Å². The molecule has 0 bridgehead atoms. The van der Waals surface area contributed by atoms with Crippen LogP contribution in [0.3, 0.4) is 0 Å². The van der Waals surface area contributed by atoms with E-state index in [0.29, 0.717) is 0 Å². The first kappa shape index (κ1) is 50.7. The van der Waals surface area contributed by atoms with Crippen molar-refractivity contribution in [2.24, 2.45) is 4.99 Å². The lowest BCUT2D eigenvalue weighted by Crippen LogP contribution is -2.09. The Morgan fingerprint density at radius 2 is 0.537 bits per heavy atom. The summed E-state index contributed by atoms with van der Waals surface area (Å²) >= 11 is 0. The van der Waals surface area contributed by atoms with Gasteiger partial charge in [0.15, 0.2) is 0 Å². The Hall–Kier alpha value is -10.1. The molecule has 13 aromatic rings. The summed E-state index contributed by atoms with van der Waals surface area (Å²) in [5.41, 5.74) is 18.2. The molecule has 3 heteroatoms. The minimum absolute atomic E-state index is 0.966. The molecule has 0 unspecified atom stereocenters. The Balaban J connectivity index is 0.00000315. The molecule has 0 heterocycles. The zero-order chi connectivity index (χ0) is 54.4. The Morgan fingerprint density at radius 3 is 0.863 bits per heavy atom. The van der Waals surface area contributed by atoms with Gasteiger partial charge >= 0.3 is 0 Å². The average molecular weight is 1030 g/mol. The van der Waals surface area contributed by atoms with Gasteiger partial charge in [0.05, 0.1) is 5.70 Å². The highest BCUT2D eigenvalue weighted by Gasteiger charge is 2.22. The fraction of sp³-hybridized carbons (Fsp3) is 0.0519. The van der Waals surface area contributed by atoms with Crippen LogP contribution in [-0.4, -0.2) is 6.21 Å². The first-order valence-electron chi connectivity index (χ1n) is 27.8. The highest BCUT2D eigenvalue weighted by atomic mass is 15.1. The molecule has 0 radical (unpaired) electrons. The highest BCUT2D eigenvalue weighted by molar-refractivity contribution is 6.25. The summed E-state index contributed by atoms with van der Waals surface area (Å²) in [6.07, 6.45) is 3.92. The van der Waals surface area contributed by atoms with Crippen molar-refractivity contribution in [2.75, 3.05) is 9.80 Å². The van der Waals surface area contributed by atoms with Gasteiger partial charge in [-0.05, 0) is 186 Å². The molecule has 384 valence electrons. The lowest BCUT2D eigenvalue weighted by Gasteiger charge is -2.26. The topological polar surface area (TPSA) is 18.8 Å². The predicted molar refractivity (Wildman–Crippen MR) is 347 cm³/mol. The van der Waals surface area contributed by atoms with E-state index in [9.17, 15) is 0 Å².